The summed E-state index contributed by atoms with van der Waals surface area (Å²) in [5.74, 6) is -0.0296. The maximum atomic E-state index is 11.0. The number of benzene rings is 1. The van der Waals surface area contributed by atoms with Gasteiger partial charge in [-0.15, -0.1) is 0 Å². The minimum absolute atomic E-state index is 0.580. The number of hydrogen-bond acceptors (Lipinski definition) is 2. The summed E-state index contributed by atoms with van der Waals surface area (Å²) in [6.45, 7) is 4.39. The predicted octanol–water partition coefficient (Wildman–Crippen LogP) is 3.08. The molecule has 4 heteroatoms. The fraction of sp³-hybridized carbons (Fsp3) is 0.357. The largest absolute Gasteiger partial charge is 0.493 e. The van der Waals surface area contributed by atoms with Gasteiger partial charge in [-0.05, 0) is 31.5 Å². The summed E-state index contributed by atoms with van der Waals surface area (Å²) < 4.78 is 7.41. The first-order chi connectivity index (χ1) is 8.65. The van der Waals surface area contributed by atoms with Crippen molar-refractivity contribution in [3.63, 3.8) is 0 Å². The van der Waals surface area contributed by atoms with E-state index in [1.54, 1.807) is 17.7 Å². The van der Waals surface area contributed by atoms with Crippen molar-refractivity contribution in [1.82, 2.24) is 4.57 Å². The molecule has 1 unspecified atom stereocenters. The summed E-state index contributed by atoms with van der Waals surface area (Å²) in [5.41, 5.74) is 0.888. The van der Waals surface area contributed by atoms with Crippen LogP contribution >= 0.6 is 0 Å². The third-order valence-corrected chi connectivity index (χ3v) is 2.96. The van der Waals surface area contributed by atoms with Gasteiger partial charge in [0.1, 0.15) is 11.8 Å². The molecule has 0 fully saturated rings. The summed E-state index contributed by atoms with van der Waals surface area (Å²) >= 11 is 0. The summed E-state index contributed by atoms with van der Waals surface area (Å²) in [5, 5.41) is 10.0. The maximum Gasteiger partial charge on any atom is 0.326 e. The average Bonchev–Trinajstić information content (AvgIpc) is 2.79. The third-order valence-electron chi connectivity index (χ3n) is 2.96. The Hall–Kier alpha value is -1.97. The van der Waals surface area contributed by atoms with Crippen molar-refractivity contribution in [2.24, 2.45) is 0 Å². The smallest absolute Gasteiger partial charge is 0.326 e. The fourth-order valence-corrected chi connectivity index (χ4v) is 1.95. The van der Waals surface area contributed by atoms with Crippen LogP contribution in [0.25, 0.3) is 10.9 Å². The first kappa shape index (κ1) is 12.5. The van der Waals surface area contributed by atoms with Crippen LogP contribution in [0.15, 0.2) is 30.5 Å². The Kier molecular flexibility index (Phi) is 3.55. The number of carboxylic acid groups (broad SMARTS) is 1. The quantitative estimate of drug-likeness (QED) is 0.883. The molecule has 0 aliphatic heterocycles. The Morgan fingerprint density at radius 3 is 2.89 bits per heavy atom. The molecule has 96 valence electrons. The lowest BCUT2D eigenvalue weighted by Crippen LogP contribution is -2.14. The van der Waals surface area contributed by atoms with Gasteiger partial charge in [0.05, 0.1) is 12.1 Å². The zero-order valence-corrected chi connectivity index (χ0v) is 10.6. The molecule has 4 nitrogen and oxygen atoms in total. The van der Waals surface area contributed by atoms with Crippen molar-refractivity contribution < 1.29 is 14.6 Å². The highest BCUT2D eigenvalue weighted by Crippen LogP contribution is 2.28. The first-order valence-corrected chi connectivity index (χ1v) is 6.10. The third kappa shape index (κ3) is 2.18. The molecule has 18 heavy (non-hydrogen) atoms. The highest BCUT2D eigenvalue weighted by molar-refractivity contribution is 5.88. The topological polar surface area (TPSA) is 51.5 Å². The molecule has 1 heterocycles. The van der Waals surface area contributed by atoms with Crippen LogP contribution in [0.1, 0.15) is 26.3 Å². The number of nitrogens with zero attached hydrogens (tertiary/aromatic N) is 1. The fourth-order valence-electron chi connectivity index (χ4n) is 1.95. The van der Waals surface area contributed by atoms with Gasteiger partial charge in [0.2, 0.25) is 0 Å². The van der Waals surface area contributed by atoms with E-state index >= 15 is 0 Å². The van der Waals surface area contributed by atoms with Gasteiger partial charge >= 0.3 is 5.97 Å². The average molecular weight is 247 g/mol. The standard InChI is InChI=1S/C14H17NO3/c1-3-9-18-13-6-4-5-12-11(13)7-8-15(12)10(2)14(16)17/h4-8,10H,3,9H2,1-2H3,(H,16,17). The Morgan fingerprint density at radius 2 is 2.22 bits per heavy atom. The van der Waals surface area contributed by atoms with Crippen molar-refractivity contribution in [3.05, 3.63) is 30.5 Å². The second kappa shape index (κ2) is 5.12. The summed E-state index contributed by atoms with van der Waals surface area (Å²) in [7, 11) is 0. The predicted molar refractivity (Wildman–Crippen MR) is 70.1 cm³/mol. The number of rotatable bonds is 5. The van der Waals surface area contributed by atoms with Gasteiger partial charge in [-0.2, -0.15) is 0 Å². The molecule has 0 aliphatic carbocycles. The monoisotopic (exact) mass is 247 g/mol. The van der Waals surface area contributed by atoms with E-state index < -0.39 is 12.0 Å². The molecule has 0 amide bonds. The molecular formula is C14H17NO3. The van der Waals surface area contributed by atoms with Gasteiger partial charge in [0, 0.05) is 11.6 Å². The molecule has 0 spiro atoms. The lowest BCUT2D eigenvalue weighted by molar-refractivity contribution is -0.140. The van der Waals surface area contributed by atoms with Crippen LogP contribution in [-0.2, 0) is 4.79 Å². The van der Waals surface area contributed by atoms with Crippen molar-refractivity contribution in [2.45, 2.75) is 26.3 Å². The van der Waals surface area contributed by atoms with Crippen molar-refractivity contribution in [1.29, 1.82) is 0 Å². The Bertz CT molecular complexity index is 559. The van der Waals surface area contributed by atoms with E-state index in [4.69, 9.17) is 9.84 Å². The lowest BCUT2D eigenvalue weighted by Gasteiger charge is -2.11. The Labute approximate surface area is 106 Å². The number of carbonyl (C=O) groups is 1. The van der Waals surface area contributed by atoms with E-state index in [-0.39, 0.29) is 0 Å². The molecule has 2 rings (SSSR count). The molecular weight excluding hydrogens is 230 g/mol. The number of fused-ring (bicyclic) bond motifs is 1. The number of aliphatic carboxylic acids is 1. The van der Waals surface area contributed by atoms with Crippen LogP contribution < -0.4 is 4.74 Å². The SMILES string of the molecule is CCCOc1cccc2c1ccn2C(C)C(=O)O. The van der Waals surface area contributed by atoms with Crippen LogP contribution in [0.2, 0.25) is 0 Å². The number of carboxylic acids is 1. The zero-order chi connectivity index (χ0) is 13.1. The van der Waals surface area contributed by atoms with Gasteiger partial charge in [-0.3, -0.25) is 0 Å². The number of aromatic nitrogens is 1. The molecule has 0 saturated heterocycles. The highest BCUT2D eigenvalue weighted by Gasteiger charge is 2.16. The summed E-state index contributed by atoms with van der Waals surface area (Å²) in [6.07, 6.45) is 2.74. The summed E-state index contributed by atoms with van der Waals surface area (Å²) in [4.78, 5) is 11.0. The summed E-state index contributed by atoms with van der Waals surface area (Å²) in [6, 6.07) is 7.03. The van der Waals surface area contributed by atoms with Crippen molar-refractivity contribution in [2.75, 3.05) is 6.61 Å². The molecule has 0 aliphatic rings. The van der Waals surface area contributed by atoms with Gasteiger partial charge in [0.25, 0.3) is 0 Å². The van der Waals surface area contributed by atoms with Gasteiger partial charge < -0.3 is 14.4 Å². The number of ether oxygens (including phenoxy) is 1. The maximum absolute atomic E-state index is 11.0. The van der Waals surface area contributed by atoms with Crippen LogP contribution in [0.3, 0.4) is 0 Å². The first-order valence-electron chi connectivity index (χ1n) is 6.10. The molecule has 1 atom stereocenters. The van der Waals surface area contributed by atoms with Gasteiger partial charge in [-0.1, -0.05) is 13.0 Å². The minimum atomic E-state index is -0.840. The van der Waals surface area contributed by atoms with E-state index in [2.05, 4.69) is 6.92 Å². The normalized spacial score (nSPS) is 12.6. The van der Waals surface area contributed by atoms with Gasteiger partial charge in [-0.25, -0.2) is 4.79 Å². The van der Waals surface area contributed by atoms with Crippen LogP contribution in [0.5, 0.6) is 5.75 Å². The Balaban J connectivity index is 2.44. The van der Waals surface area contributed by atoms with E-state index in [9.17, 15) is 4.79 Å². The van der Waals surface area contributed by atoms with Crippen LogP contribution in [-0.4, -0.2) is 22.2 Å². The van der Waals surface area contributed by atoms with Crippen molar-refractivity contribution in [3.8, 4) is 5.75 Å². The molecule has 2 aromatic rings. The highest BCUT2D eigenvalue weighted by atomic mass is 16.5. The molecule has 1 N–H and O–H groups in total. The lowest BCUT2D eigenvalue weighted by atomic mass is 10.2. The molecule has 1 aromatic heterocycles. The van der Waals surface area contributed by atoms with E-state index in [1.807, 2.05) is 24.3 Å². The molecule has 0 saturated carbocycles. The zero-order valence-electron chi connectivity index (χ0n) is 10.6. The molecule has 1 aromatic carbocycles. The minimum Gasteiger partial charge on any atom is -0.493 e. The Morgan fingerprint density at radius 1 is 1.44 bits per heavy atom. The van der Waals surface area contributed by atoms with Gasteiger partial charge in [0.15, 0.2) is 0 Å². The molecule has 0 radical (unpaired) electrons. The van der Waals surface area contributed by atoms with Crippen LogP contribution in [0, 0.1) is 0 Å². The second-order valence-electron chi connectivity index (χ2n) is 4.27. The molecule has 0 bridgehead atoms. The van der Waals surface area contributed by atoms with E-state index in [0.717, 1.165) is 23.1 Å². The van der Waals surface area contributed by atoms with Crippen LogP contribution in [0.4, 0.5) is 0 Å². The number of hydrogen-bond donors (Lipinski definition) is 1. The second-order valence-corrected chi connectivity index (χ2v) is 4.27. The van der Waals surface area contributed by atoms with E-state index in [0.29, 0.717) is 6.61 Å². The van der Waals surface area contributed by atoms with Crippen molar-refractivity contribution >= 4 is 16.9 Å². The van der Waals surface area contributed by atoms with E-state index in [1.165, 1.54) is 0 Å².